The summed E-state index contributed by atoms with van der Waals surface area (Å²) in [5.74, 6) is -0.203. The Morgan fingerprint density at radius 3 is 2.60 bits per heavy atom. The van der Waals surface area contributed by atoms with Crippen molar-refractivity contribution in [2.24, 2.45) is 0 Å². The second-order valence-corrected chi connectivity index (χ2v) is 8.42. The Morgan fingerprint density at radius 2 is 1.96 bits per heavy atom. The number of carbonyl (C=O) groups is 1. The molecule has 0 spiro atoms. The maximum absolute atomic E-state index is 12.4. The van der Waals surface area contributed by atoms with Crippen LogP contribution in [0.2, 0.25) is 4.34 Å². The normalized spacial score (nSPS) is 11.0. The summed E-state index contributed by atoms with van der Waals surface area (Å²) in [5, 5.41) is 5.47. The van der Waals surface area contributed by atoms with Crippen LogP contribution >= 0.6 is 34.3 Å². The summed E-state index contributed by atoms with van der Waals surface area (Å²) in [7, 11) is 4.11. The van der Waals surface area contributed by atoms with E-state index in [9.17, 15) is 4.79 Å². The third-order valence-corrected chi connectivity index (χ3v) is 5.82. The molecule has 3 rings (SSSR count). The van der Waals surface area contributed by atoms with Crippen LogP contribution < -0.4 is 5.32 Å². The number of thiazole rings is 1. The number of nitrogens with one attached hydrogen (secondary N) is 1. The zero-order valence-corrected chi connectivity index (χ0v) is 16.3. The zero-order chi connectivity index (χ0) is 17.8. The number of thiophene rings is 1. The number of carbonyl (C=O) groups excluding carboxylic acids is 1. The second-order valence-electron chi connectivity index (χ2n) is 5.85. The van der Waals surface area contributed by atoms with Crippen molar-refractivity contribution in [1.82, 2.24) is 9.88 Å². The fraction of sp³-hybridized carbons (Fsp3) is 0.222. The quantitative estimate of drug-likeness (QED) is 0.651. The van der Waals surface area contributed by atoms with Gasteiger partial charge in [-0.1, -0.05) is 23.7 Å². The molecule has 130 valence electrons. The molecule has 0 saturated heterocycles. The highest BCUT2D eigenvalue weighted by molar-refractivity contribution is 7.23. The number of nitrogens with zero attached hydrogens (tertiary/aromatic N) is 2. The number of aromatic nitrogens is 1. The van der Waals surface area contributed by atoms with Crippen molar-refractivity contribution in [1.29, 1.82) is 0 Å². The number of halogens is 1. The molecule has 2 aromatic heterocycles. The van der Waals surface area contributed by atoms with Crippen LogP contribution in [0, 0.1) is 0 Å². The minimum absolute atomic E-state index is 0.203. The number of rotatable bonds is 6. The van der Waals surface area contributed by atoms with Crippen LogP contribution in [-0.2, 0) is 6.42 Å². The van der Waals surface area contributed by atoms with Crippen molar-refractivity contribution < 1.29 is 4.79 Å². The predicted molar refractivity (Wildman–Crippen MR) is 107 cm³/mol. The lowest BCUT2D eigenvalue weighted by molar-refractivity contribution is 0.102. The summed E-state index contributed by atoms with van der Waals surface area (Å²) in [6.07, 6.45) is 0.986. The van der Waals surface area contributed by atoms with Crippen molar-refractivity contribution in [2.75, 3.05) is 26.0 Å². The van der Waals surface area contributed by atoms with Crippen molar-refractivity contribution in [3.63, 3.8) is 0 Å². The highest BCUT2D eigenvalue weighted by Gasteiger charge is 2.13. The van der Waals surface area contributed by atoms with Gasteiger partial charge in [-0.2, -0.15) is 0 Å². The molecule has 1 amide bonds. The molecule has 1 N–H and O–H groups in total. The summed E-state index contributed by atoms with van der Waals surface area (Å²) in [6.45, 7) is 1.00. The summed E-state index contributed by atoms with van der Waals surface area (Å²) < 4.78 is 0.713. The molecule has 0 unspecified atom stereocenters. The average Bonchev–Trinajstić information content (AvgIpc) is 3.23. The van der Waals surface area contributed by atoms with E-state index in [1.54, 1.807) is 5.38 Å². The molecule has 2 heterocycles. The van der Waals surface area contributed by atoms with Gasteiger partial charge in [0.05, 0.1) is 9.21 Å². The first-order chi connectivity index (χ1) is 12.0. The SMILES string of the molecule is CN(C)CCc1ccc(NC(=O)c2csc(-c3ccc(Cl)s3)n2)cc1. The number of hydrogen-bond acceptors (Lipinski definition) is 5. The smallest absolute Gasteiger partial charge is 0.275 e. The molecule has 1 aromatic carbocycles. The zero-order valence-electron chi connectivity index (χ0n) is 14.0. The predicted octanol–water partition coefficient (Wildman–Crippen LogP) is 4.88. The first-order valence-electron chi connectivity index (χ1n) is 7.77. The van der Waals surface area contributed by atoms with E-state index in [-0.39, 0.29) is 5.91 Å². The molecule has 0 bridgehead atoms. The highest BCUT2D eigenvalue weighted by atomic mass is 35.5. The molecule has 0 aliphatic carbocycles. The Balaban J connectivity index is 1.63. The van der Waals surface area contributed by atoms with Crippen LogP contribution in [0.1, 0.15) is 16.1 Å². The largest absolute Gasteiger partial charge is 0.321 e. The number of benzene rings is 1. The molecule has 4 nitrogen and oxygen atoms in total. The van der Waals surface area contributed by atoms with Crippen molar-refractivity contribution >= 4 is 45.9 Å². The van der Waals surface area contributed by atoms with Gasteiger partial charge in [-0.25, -0.2) is 4.98 Å². The Kier molecular flexibility index (Phi) is 5.86. The van der Waals surface area contributed by atoms with Crippen molar-refractivity contribution in [3.8, 4) is 9.88 Å². The molecule has 0 saturated carbocycles. The highest BCUT2D eigenvalue weighted by Crippen LogP contribution is 2.33. The third kappa shape index (κ3) is 4.89. The van der Waals surface area contributed by atoms with Gasteiger partial charge in [0.1, 0.15) is 10.7 Å². The van der Waals surface area contributed by atoms with Crippen molar-refractivity contribution in [2.45, 2.75) is 6.42 Å². The van der Waals surface area contributed by atoms with Gasteiger partial charge in [-0.3, -0.25) is 4.79 Å². The van der Waals surface area contributed by atoms with Crippen LogP contribution in [0.15, 0.2) is 41.8 Å². The summed E-state index contributed by atoms with van der Waals surface area (Å²) >= 11 is 8.85. The van der Waals surface area contributed by atoms with E-state index in [0.717, 1.165) is 28.5 Å². The molecule has 0 atom stereocenters. The fourth-order valence-corrected chi connectivity index (χ4v) is 4.14. The standard InChI is InChI=1S/C18H18ClN3OS2/c1-22(2)10-9-12-3-5-13(6-4-12)20-17(23)14-11-24-18(21-14)15-7-8-16(19)25-15/h3-8,11H,9-10H2,1-2H3,(H,20,23). The Labute approximate surface area is 160 Å². The van der Waals surface area contributed by atoms with Gasteiger partial charge in [0, 0.05) is 17.6 Å². The summed E-state index contributed by atoms with van der Waals surface area (Å²) in [6, 6.07) is 11.7. The minimum atomic E-state index is -0.203. The lowest BCUT2D eigenvalue weighted by Crippen LogP contribution is -2.15. The summed E-state index contributed by atoms with van der Waals surface area (Å²) in [4.78, 5) is 19.9. The molecule has 0 radical (unpaired) electrons. The van der Waals surface area contributed by atoms with Gasteiger partial charge in [-0.15, -0.1) is 22.7 Å². The number of hydrogen-bond donors (Lipinski definition) is 1. The van der Waals surface area contributed by atoms with E-state index in [4.69, 9.17) is 11.6 Å². The number of likely N-dealkylation sites (N-methyl/N-ethyl adjacent to an activating group) is 1. The lowest BCUT2D eigenvalue weighted by Gasteiger charge is -2.09. The number of amides is 1. The van der Waals surface area contributed by atoms with Crippen LogP contribution in [0.3, 0.4) is 0 Å². The van der Waals surface area contributed by atoms with E-state index in [2.05, 4.69) is 29.3 Å². The van der Waals surface area contributed by atoms with Crippen molar-refractivity contribution in [3.05, 3.63) is 57.4 Å². The first kappa shape index (κ1) is 18.1. The minimum Gasteiger partial charge on any atom is -0.321 e. The van der Waals surface area contributed by atoms with E-state index in [1.807, 2.05) is 36.4 Å². The lowest BCUT2D eigenvalue weighted by atomic mass is 10.1. The Hall–Kier alpha value is -1.73. The molecule has 25 heavy (non-hydrogen) atoms. The molecule has 3 aromatic rings. The van der Waals surface area contributed by atoms with E-state index < -0.39 is 0 Å². The molecular weight excluding hydrogens is 374 g/mol. The van der Waals surface area contributed by atoms with Crippen LogP contribution in [0.4, 0.5) is 5.69 Å². The molecule has 0 aliphatic rings. The van der Waals surface area contributed by atoms with Gasteiger partial charge in [0.2, 0.25) is 0 Å². The van der Waals surface area contributed by atoms with Gasteiger partial charge < -0.3 is 10.2 Å². The van der Waals surface area contributed by atoms with Crippen LogP contribution in [0.25, 0.3) is 9.88 Å². The fourth-order valence-electron chi connectivity index (χ4n) is 2.22. The second kappa shape index (κ2) is 8.10. The number of anilines is 1. The molecule has 0 fully saturated rings. The maximum atomic E-state index is 12.4. The average molecular weight is 392 g/mol. The third-order valence-electron chi connectivity index (χ3n) is 3.58. The van der Waals surface area contributed by atoms with Crippen LogP contribution in [-0.4, -0.2) is 36.4 Å². The van der Waals surface area contributed by atoms with Crippen LogP contribution in [0.5, 0.6) is 0 Å². The first-order valence-corrected chi connectivity index (χ1v) is 9.85. The van der Waals surface area contributed by atoms with Gasteiger partial charge >= 0.3 is 0 Å². The van der Waals surface area contributed by atoms with Gasteiger partial charge in [0.25, 0.3) is 5.91 Å². The molecule has 0 aliphatic heterocycles. The van der Waals surface area contributed by atoms with E-state index >= 15 is 0 Å². The Bertz CT molecular complexity index is 855. The topological polar surface area (TPSA) is 45.2 Å². The monoisotopic (exact) mass is 391 g/mol. The van der Waals surface area contributed by atoms with E-state index in [1.165, 1.54) is 28.2 Å². The van der Waals surface area contributed by atoms with E-state index in [0.29, 0.717) is 10.0 Å². The van der Waals surface area contributed by atoms with Gasteiger partial charge in [-0.05, 0) is 50.3 Å². The Morgan fingerprint density at radius 1 is 1.20 bits per heavy atom. The maximum Gasteiger partial charge on any atom is 0.275 e. The molecular formula is C18H18ClN3OS2. The summed E-state index contributed by atoms with van der Waals surface area (Å²) in [5.41, 5.74) is 2.44. The van der Waals surface area contributed by atoms with Gasteiger partial charge in [0.15, 0.2) is 0 Å². The molecule has 7 heteroatoms.